The molecule has 0 spiro atoms. The maximum atomic E-state index is 15.1. The third kappa shape index (κ3) is 6.77. The number of H-pyrrole nitrogens is 1. The number of hydrogen-bond acceptors (Lipinski definition) is 6. The Kier molecular flexibility index (Phi) is 8.99. The van der Waals surface area contributed by atoms with Gasteiger partial charge in [0, 0.05) is 63.8 Å². The number of fused-ring (bicyclic) bond motifs is 2. The van der Waals surface area contributed by atoms with E-state index in [0.29, 0.717) is 48.5 Å². The summed E-state index contributed by atoms with van der Waals surface area (Å²) in [4.78, 5) is 26.8. The highest BCUT2D eigenvalue weighted by atomic mass is 19.4. The third-order valence-corrected chi connectivity index (χ3v) is 9.69. The van der Waals surface area contributed by atoms with Crippen LogP contribution in [-0.4, -0.2) is 79.7 Å². The molecule has 50 heavy (non-hydrogen) atoms. The van der Waals surface area contributed by atoms with Gasteiger partial charge in [-0.3, -0.25) is 9.58 Å². The average Bonchev–Trinajstić information content (AvgIpc) is 3.73. The summed E-state index contributed by atoms with van der Waals surface area (Å²) in [5, 5.41) is 7.35. The number of nitrogens with zero attached hydrogens (tertiary/aromatic N) is 6. The Morgan fingerprint density at radius 3 is 2.54 bits per heavy atom. The minimum atomic E-state index is -4.57. The smallest absolute Gasteiger partial charge is 0.416 e. The molecule has 14 heteroatoms. The normalized spacial score (nSPS) is 17.3. The first-order valence-electron chi connectivity index (χ1n) is 16.7. The number of piperazine rings is 1. The number of halogens is 4. The van der Waals surface area contributed by atoms with Crippen LogP contribution in [0.2, 0.25) is 0 Å². The third-order valence-electron chi connectivity index (χ3n) is 9.69. The molecule has 0 saturated carbocycles. The number of aryl methyl sites for hydroxylation is 1. The quantitative estimate of drug-likeness (QED) is 0.176. The van der Waals surface area contributed by atoms with Crippen molar-refractivity contribution in [1.29, 1.82) is 0 Å². The van der Waals surface area contributed by atoms with Crippen molar-refractivity contribution in [2.45, 2.75) is 39.0 Å². The second-order valence-electron chi connectivity index (χ2n) is 12.9. The molecular formula is C36H38F4N8O2. The fourth-order valence-corrected chi connectivity index (χ4v) is 6.85. The number of carbonyl (C=O) groups is 1. The summed E-state index contributed by atoms with van der Waals surface area (Å²) in [6, 6.07) is 10.3. The highest BCUT2D eigenvalue weighted by Crippen LogP contribution is 2.39. The van der Waals surface area contributed by atoms with Crippen molar-refractivity contribution in [2.24, 2.45) is 7.05 Å². The highest BCUT2D eigenvalue weighted by Gasteiger charge is 2.35. The van der Waals surface area contributed by atoms with Crippen molar-refractivity contribution in [3.8, 4) is 22.8 Å². The van der Waals surface area contributed by atoms with E-state index in [1.807, 2.05) is 24.1 Å². The maximum absolute atomic E-state index is 15.1. The Morgan fingerprint density at radius 2 is 1.82 bits per heavy atom. The van der Waals surface area contributed by atoms with E-state index in [9.17, 15) is 18.0 Å². The summed E-state index contributed by atoms with van der Waals surface area (Å²) in [5.74, 6) is -0.259. The first kappa shape index (κ1) is 33.5. The number of likely N-dealkylation sites (N-methyl/N-ethyl adjacent to an activating group) is 1. The molecule has 0 radical (unpaired) electrons. The van der Waals surface area contributed by atoms with Gasteiger partial charge in [0.25, 0.3) is 0 Å². The monoisotopic (exact) mass is 690 g/mol. The van der Waals surface area contributed by atoms with E-state index in [-0.39, 0.29) is 23.5 Å². The molecule has 0 bridgehead atoms. The molecule has 5 heterocycles. The molecule has 1 atom stereocenters. The van der Waals surface area contributed by atoms with Gasteiger partial charge < -0.3 is 24.8 Å². The van der Waals surface area contributed by atoms with Gasteiger partial charge in [-0.1, -0.05) is 19.1 Å². The van der Waals surface area contributed by atoms with Crippen LogP contribution in [0.25, 0.3) is 22.3 Å². The fraction of sp³-hybridized carbons (Fsp3) is 0.361. The number of urea groups is 1. The Balaban J connectivity index is 1.08. The predicted molar refractivity (Wildman–Crippen MR) is 181 cm³/mol. The summed E-state index contributed by atoms with van der Waals surface area (Å²) in [5.41, 5.74) is 3.27. The number of aromatic amines is 1. The minimum absolute atomic E-state index is 0.00605. The zero-order valence-corrected chi connectivity index (χ0v) is 28.0. The van der Waals surface area contributed by atoms with E-state index in [1.165, 1.54) is 12.1 Å². The van der Waals surface area contributed by atoms with Crippen LogP contribution in [-0.2, 0) is 26.2 Å². The first-order chi connectivity index (χ1) is 24.0. The van der Waals surface area contributed by atoms with Crippen LogP contribution in [0.4, 0.5) is 28.0 Å². The van der Waals surface area contributed by atoms with Gasteiger partial charge in [0.2, 0.25) is 0 Å². The van der Waals surface area contributed by atoms with Crippen LogP contribution < -0.4 is 10.1 Å². The molecule has 0 unspecified atom stereocenters. The molecule has 7 rings (SSSR count). The fourth-order valence-electron chi connectivity index (χ4n) is 6.85. The number of ether oxygens (including phenoxy) is 1. The van der Waals surface area contributed by atoms with Crippen LogP contribution in [0.3, 0.4) is 0 Å². The van der Waals surface area contributed by atoms with Gasteiger partial charge in [0.1, 0.15) is 11.4 Å². The zero-order valence-electron chi connectivity index (χ0n) is 28.0. The second kappa shape index (κ2) is 13.4. The number of carbonyl (C=O) groups excluding carboxylic acids is 1. The molecule has 3 aromatic heterocycles. The van der Waals surface area contributed by atoms with E-state index in [1.54, 1.807) is 41.0 Å². The van der Waals surface area contributed by atoms with E-state index in [2.05, 4.69) is 32.2 Å². The van der Waals surface area contributed by atoms with Crippen molar-refractivity contribution >= 4 is 22.8 Å². The van der Waals surface area contributed by atoms with E-state index in [0.717, 1.165) is 48.6 Å². The number of rotatable bonds is 7. The molecule has 2 N–H and O–H groups in total. The molecular weight excluding hydrogens is 652 g/mol. The number of aromatic nitrogens is 4. The number of alkyl halides is 3. The van der Waals surface area contributed by atoms with Crippen molar-refractivity contribution < 1.29 is 27.1 Å². The Bertz CT molecular complexity index is 2030. The number of pyridine rings is 1. The SMILES string of the molecule is CCN1CCN(Cc2ccc(NC(=O)N3CCc4ccc(Oc5c(F)cnc6[nH]c(-c7cnn(C)c7)cc56)cc4[C@@H]3C)cc2C(F)(F)F)CC1. The standard InChI is InChI=1S/C36H38F4N8O2/c1-4-46-11-13-47(14-12-46)21-24-5-7-26(15-30(24)36(38,39)40)43-35(49)48-10-9-23-6-8-27(16-28(23)22(48)2)50-33-29-17-32(25-18-42-45(3)20-25)44-34(29)41-19-31(33)37/h5-8,15-20,22H,4,9-14,21H2,1-3H3,(H,41,44)(H,43,49)/t22-/m0/s1. The maximum Gasteiger partial charge on any atom is 0.416 e. The number of benzene rings is 2. The van der Waals surface area contributed by atoms with E-state index in [4.69, 9.17) is 4.74 Å². The Morgan fingerprint density at radius 1 is 1.04 bits per heavy atom. The van der Waals surface area contributed by atoms with Crippen molar-refractivity contribution in [2.75, 3.05) is 44.6 Å². The largest absolute Gasteiger partial charge is 0.453 e. The van der Waals surface area contributed by atoms with Crippen molar-refractivity contribution in [3.05, 3.63) is 89.1 Å². The molecule has 1 fully saturated rings. The lowest BCUT2D eigenvalue weighted by molar-refractivity contribution is -0.138. The minimum Gasteiger partial charge on any atom is -0.453 e. The summed E-state index contributed by atoms with van der Waals surface area (Å²) in [7, 11) is 1.80. The lowest BCUT2D eigenvalue weighted by atomic mass is 9.93. The molecule has 0 aliphatic carbocycles. The average molecular weight is 691 g/mol. The highest BCUT2D eigenvalue weighted by molar-refractivity contribution is 5.90. The Hall–Kier alpha value is -4.95. The number of hydrogen-bond donors (Lipinski definition) is 2. The zero-order chi connectivity index (χ0) is 35.2. The van der Waals surface area contributed by atoms with Crippen LogP contribution in [0.15, 0.2) is 61.1 Å². The number of nitrogens with one attached hydrogen (secondary N) is 2. The molecule has 2 aliphatic heterocycles. The molecule has 2 amide bonds. The van der Waals surface area contributed by atoms with Crippen molar-refractivity contribution in [3.63, 3.8) is 0 Å². The molecule has 2 aliphatic rings. The van der Waals surface area contributed by atoms with Gasteiger partial charge in [0.05, 0.1) is 35.1 Å². The topological polar surface area (TPSA) is 94.5 Å². The van der Waals surface area contributed by atoms with Crippen LogP contribution in [0.1, 0.15) is 42.1 Å². The van der Waals surface area contributed by atoms with Gasteiger partial charge in [0.15, 0.2) is 11.6 Å². The summed E-state index contributed by atoms with van der Waals surface area (Å²) in [6.07, 6.45) is 0.573. The van der Waals surface area contributed by atoms with Gasteiger partial charge in [-0.25, -0.2) is 14.2 Å². The van der Waals surface area contributed by atoms with Gasteiger partial charge in [-0.2, -0.15) is 18.3 Å². The molecule has 2 aromatic carbocycles. The number of amides is 2. The summed E-state index contributed by atoms with van der Waals surface area (Å²) >= 11 is 0. The number of anilines is 1. The van der Waals surface area contributed by atoms with Crippen LogP contribution in [0, 0.1) is 5.82 Å². The lowest BCUT2D eigenvalue weighted by Crippen LogP contribution is -2.45. The van der Waals surface area contributed by atoms with Gasteiger partial charge in [-0.05, 0) is 66.9 Å². The van der Waals surface area contributed by atoms with E-state index >= 15 is 4.39 Å². The summed E-state index contributed by atoms with van der Waals surface area (Å²) < 4.78 is 65.5. The molecule has 10 nitrogen and oxygen atoms in total. The van der Waals surface area contributed by atoms with Gasteiger partial charge in [-0.15, -0.1) is 0 Å². The molecule has 1 saturated heterocycles. The predicted octanol–water partition coefficient (Wildman–Crippen LogP) is 7.20. The lowest BCUT2D eigenvalue weighted by Gasteiger charge is -2.35. The molecule has 262 valence electrons. The van der Waals surface area contributed by atoms with Gasteiger partial charge >= 0.3 is 12.2 Å². The molecule has 5 aromatic rings. The first-order valence-corrected chi connectivity index (χ1v) is 16.7. The van der Waals surface area contributed by atoms with Crippen LogP contribution >= 0.6 is 0 Å². The Labute approximate surface area is 286 Å². The van der Waals surface area contributed by atoms with Crippen molar-refractivity contribution in [1.82, 2.24) is 34.4 Å². The summed E-state index contributed by atoms with van der Waals surface area (Å²) in [6.45, 7) is 8.45. The van der Waals surface area contributed by atoms with E-state index < -0.39 is 29.6 Å². The van der Waals surface area contributed by atoms with Crippen LogP contribution in [0.5, 0.6) is 11.5 Å². The second-order valence-corrected chi connectivity index (χ2v) is 12.9.